The standard InChI is InChI=1S/C20H23N3O2/c1-15(17-8-10-21-11-9-17)22(2)20(25)18-12-19(24)23(14-18)13-16-6-4-3-5-7-16/h3-11,15,18H,12-14H2,1-2H3/t15-,18-/m0/s1. The third kappa shape index (κ3) is 3.87. The number of carbonyl (C=O) groups is 2. The van der Waals surface area contributed by atoms with E-state index in [-0.39, 0.29) is 23.8 Å². The quantitative estimate of drug-likeness (QED) is 0.843. The van der Waals surface area contributed by atoms with E-state index >= 15 is 0 Å². The fourth-order valence-electron chi connectivity index (χ4n) is 3.24. The summed E-state index contributed by atoms with van der Waals surface area (Å²) in [6.07, 6.45) is 3.74. The van der Waals surface area contributed by atoms with Gasteiger partial charge in [0.05, 0.1) is 12.0 Å². The second-order valence-corrected chi connectivity index (χ2v) is 6.57. The number of likely N-dealkylation sites (tertiary alicyclic amines) is 1. The Morgan fingerprint density at radius 3 is 2.60 bits per heavy atom. The first-order chi connectivity index (χ1) is 12.1. The number of aromatic nitrogens is 1. The van der Waals surface area contributed by atoms with Crippen molar-refractivity contribution in [2.45, 2.75) is 25.9 Å². The van der Waals surface area contributed by atoms with E-state index in [9.17, 15) is 9.59 Å². The van der Waals surface area contributed by atoms with E-state index in [4.69, 9.17) is 0 Å². The van der Waals surface area contributed by atoms with Gasteiger partial charge in [0.1, 0.15) is 0 Å². The number of rotatable bonds is 5. The molecule has 2 amide bonds. The fraction of sp³-hybridized carbons (Fsp3) is 0.350. The number of nitrogens with zero attached hydrogens (tertiary/aromatic N) is 3. The predicted molar refractivity (Wildman–Crippen MR) is 95.4 cm³/mol. The molecule has 0 unspecified atom stereocenters. The summed E-state index contributed by atoms with van der Waals surface area (Å²) in [4.78, 5) is 32.7. The molecule has 0 spiro atoms. The van der Waals surface area contributed by atoms with Crippen molar-refractivity contribution >= 4 is 11.8 Å². The molecule has 1 aliphatic heterocycles. The summed E-state index contributed by atoms with van der Waals surface area (Å²) < 4.78 is 0. The molecule has 0 radical (unpaired) electrons. The lowest BCUT2D eigenvalue weighted by Crippen LogP contribution is -2.36. The molecule has 25 heavy (non-hydrogen) atoms. The summed E-state index contributed by atoms with van der Waals surface area (Å²) in [7, 11) is 1.80. The molecule has 5 nitrogen and oxygen atoms in total. The highest BCUT2D eigenvalue weighted by Crippen LogP contribution is 2.26. The van der Waals surface area contributed by atoms with Crippen LogP contribution in [0, 0.1) is 5.92 Å². The van der Waals surface area contributed by atoms with E-state index in [0.29, 0.717) is 19.5 Å². The summed E-state index contributed by atoms with van der Waals surface area (Å²) in [6, 6.07) is 13.7. The lowest BCUT2D eigenvalue weighted by Gasteiger charge is -2.27. The highest BCUT2D eigenvalue weighted by molar-refractivity contribution is 5.89. The lowest BCUT2D eigenvalue weighted by atomic mass is 10.0. The zero-order valence-electron chi connectivity index (χ0n) is 14.6. The molecular weight excluding hydrogens is 314 g/mol. The molecule has 1 aromatic carbocycles. The minimum atomic E-state index is -0.273. The van der Waals surface area contributed by atoms with Gasteiger partial charge in [0.15, 0.2) is 0 Å². The highest BCUT2D eigenvalue weighted by Gasteiger charge is 2.36. The van der Waals surface area contributed by atoms with Crippen LogP contribution < -0.4 is 0 Å². The van der Waals surface area contributed by atoms with Crippen molar-refractivity contribution in [3.63, 3.8) is 0 Å². The third-order valence-electron chi connectivity index (χ3n) is 4.90. The molecule has 5 heteroatoms. The number of hydrogen-bond acceptors (Lipinski definition) is 3. The van der Waals surface area contributed by atoms with E-state index in [2.05, 4.69) is 4.98 Å². The van der Waals surface area contributed by atoms with Crippen LogP contribution in [-0.4, -0.2) is 40.2 Å². The Bertz CT molecular complexity index is 733. The van der Waals surface area contributed by atoms with Gasteiger partial charge in [0.2, 0.25) is 11.8 Å². The Hall–Kier alpha value is -2.69. The smallest absolute Gasteiger partial charge is 0.228 e. The highest BCUT2D eigenvalue weighted by atomic mass is 16.2. The van der Waals surface area contributed by atoms with Crippen molar-refractivity contribution in [2.75, 3.05) is 13.6 Å². The molecule has 0 N–H and O–H groups in total. The fourth-order valence-corrected chi connectivity index (χ4v) is 3.24. The van der Waals surface area contributed by atoms with Gasteiger partial charge in [-0.2, -0.15) is 0 Å². The molecule has 1 aromatic heterocycles. The SMILES string of the molecule is C[C@@H](c1ccncc1)N(C)C(=O)[C@H]1CC(=O)N(Cc2ccccc2)C1. The maximum Gasteiger partial charge on any atom is 0.228 e. The van der Waals surface area contributed by atoms with E-state index in [0.717, 1.165) is 11.1 Å². The van der Waals surface area contributed by atoms with Crippen molar-refractivity contribution in [2.24, 2.45) is 5.92 Å². The van der Waals surface area contributed by atoms with Gasteiger partial charge in [0.25, 0.3) is 0 Å². The maximum absolute atomic E-state index is 12.8. The van der Waals surface area contributed by atoms with Crippen LogP contribution in [0.5, 0.6) is 0 Å². The monoisotopic (exact) mass is 337 g/mol. The molecule has 130 valence electrons. The number of pyridine rings is 1. The minimum absolute atomic E-state index is 0.0215. The first kappa shape index (κ1) is 17.1. The largest absolute Gasteiger partial charge is 0.339 e. The van der Waals surface area contributed by atoms with Gasteiger partial charge < -0.3 is 9.80 Å². The van der Waals surface area contributed by atoms with Crippen LogP contribution >= 0.6 is 0 Å². The topological polar surface area (TPSA) is 53.5 Å². The summed E-state index contributed by atoms with van der Waals surface area (Å²) in [6.45, 7) is 3.04. The average Bonchev–Trinajstić information content (AvgIpc) is 3.02. The summed E-state index contributed by atoms with van der Waals surface area (Å²) in [5, 5.41) is 0. The Morgan fingerprint density at radius 2 is 1.92 bits per heavy atom. The lowest BCUT2D eigenvalue weighted by molar-refractivity contribution is -0.136. The van der Waals surface area contributed by atoms with Crippen LogP contribution in [0.3, 0.4) is 0 Å². The first-order valence-corrected chi connectivity index (χ1v) is 8.54. The van der Waals surface area contributed by atoms with Crippen molar-refractivity contribution in [1.29, 1.82) is 0 Å². The normalized spacial score (nSPS) is 18.2. The minimum Gasteiger partial charge on any atom is -0.339 e. The zero-order valence-corrected chi connectivity index (χ0v) is 14.6. The second-order valence-electron chi connectivity index (χ2n) is 6.57. The Morgan fingerprint density at radius 1 is 1.24 bits per heavy atom. The Balaban J connectivity index is 1.64. The van der Waals surface area contributed by atoms with Crippen LogP contribution in [0.2, 0.25) is 0 Å². The van der Waals surface area contributed by atoms with Crippen molar-refractivity contribution < 1.29 is 9.59 Å². The predicted octanol–water partition coefficient (Wildman–Crippen LogP) is 2.65. The van der Waals surface area contributed by atoms with Crippen molar-refractivity contribution in [3.8, 4) is 0 Å². The van der Waals surface area contributed by atoms with Crippen LogP contribution in [0.15, 0.2) is 54.9 Å². The first-order valence-electron chi connectivity index (χ1n) is 8.54. The van der Waals surface area contributed by atoms with Crippen LogP contribution in [0.1, 0.15) is 30.5 Å². The van der Waals surface area contributed by atoms with E-state index in [1.807, 2.05) is 49.4 Å². The van der Waals surface area contributed by atoms with Gasteiger partial charge in [-0.05, 0) is 30.2 Å². The van der Waals surface area contributed by atoms with E-state index in [1.165, 1.54) is 0 Å². The average molecular weight is 337 g/mol. The van der Waals surface area contributed by atoms with Gasteiger partial charge in [-0.15, -0.1) is 0 Å². The summed E-state index contributed by atoms with van der Waals surface area (Å²) >= 11 is 0. The molecular formula is C20H23N3O2. The van der Waals surface area contributed by atoms with E-state index in [1.54, 1.807) is 29.2 Å². The van der Waals surface area contributed by atoms with Crippen LogP contribution in [-0.2, 0) is 16.1 Å². The molecule has 0 aliphatic carbocycles. The van der Waals surface area contributed by atoms with Gasteiger partial charge in [-0.1, -0.05) is 30.3 Å². The van der Waals surface area contributed by atoms with Crippen LogP contribution in [0.4, 0.5) is 0 Å². The molecule has 2 heterocycles. The maximum atomic E-state index is 12.8. The third-order valence-corrected chi connectivity index (χ3v) is 4.90. The number of carbonyl (C=O) groups excluding carboxylic acids is 2. The molecule has 0 bridgehead atoms. The molecule has 0 saturated carbocycles. The van der Waals surface area contributed by atoms with Gasteiger partial charge >= 0.3 is 0 Å². The van der Waals surface area contributed by atoms with Crippen LogP contribution in [0.25, 0.3) is 0 Å². The van der Waals surface area contributed by atoms with E-state index < -0.39 is 0 Å². The zero-order chi connectivity index (χ0) is 17.8. The number of benzene rings is 1. The summed E-state index contributed by atoms with van der Waals surface area (Å²) in [5.41, 5.74) is 2.12. The summed E-state index contributed by atoms with van der Waals surface area (Å²) in [5.74, 6) is -0.203. The molecule has 1 fully saturated rings. The molecule has 1 saturated heterocycles. The molecule has 1 aliphatic rings. The molecule has 3 rings (SSSR count). The Labute approximate surface area is 148 Å². The van der Waals surface area contributed by atoms with Crippen molar-refractivity contribution in [3.05, 3.63) is 66.0 Å². The number of amides is 2. The van der Waals surface area contributed by atoms with Gasteiger partial charge in [-0.25, -0.2) is 0 Å². The second kappa shape index (κ2) is 7.47. The Kier molecular flexibility index (Phi) is 5.12. The molecule has 2 aromatic rings. The van der Waals surface area contributed by atoms with Gasteiger partial charge in [-0.3, -0.25) is 14.6 Å². The van der Waals surface area contributed by atoms with Gasteiger partial charge in [0, 0.05) is 39.0 Å². The number of hydrogen-bond donors (Lipinski definition) is 0. The van der Waals surface area contributed by atoms with Crippen molar-refractivity contribution in [1.82, 2.24) is 14.8 Å². The molecule has 2 atom stereocenters.